The van der Waals surface area contributed by atoms with Crippen LogP contribution in [0.3, 0.4) is 0 Å². The van der Waals surface area contributed by atoms with Crippen LogP contribution in [0.5, 0.6) is 0 Å². The topological polar surface area (TPSA) is 32.8 Å². The molecular formula is C17H20N2O2S2. The fourth-order valence-electron chi connectivity index (χ4n) is 2.57. The summed E-state index contributed by atoms with van der Waals surface area (Å²) in [6.07, 6.45) is 1.92. The molecule has 0 radical (unpaired) electrons. The molecule has 0 N–H and O–H groups in total. The Morgan fingerprint density at radius 2 is 1.91 bits per heavy atom. The molecule has 0 bridgehead atoms. The molecule has 6 heteroatoms. The molecule has 0 unspecified atom stereocenters. The second kappa shape index (κ2) is 7.57. The van der Waals surface area contributed by atoms with Gasteiger partial charge in [0.1, 0.15) is 4.32 Å². The van der Waals surface area contributed by atoms with Crippen molar-refractivity contribution in [2.24, 2.45) is 0 Å². The van der Waals surface area contributed by atoms with Crippen LogP contribution < -0.4 is 0 Å². The second-order valence-corrected chi connectivity index (χ2v) is 7.37. The molecule has 0 aliphatic carbocycles. The van der Waals surface area contributed by atoms with E-state index in [1.165, 1.54) is 17.3 Å². The number of carbonyl (C=O) groups excluding carboxylic acids is 1. The third-order valence-corrected chi connectivity index (χ3v) is 5.37. The van der Waals surface area contributed by atoms with E-state index < -0.39 is 0 Å². The molecule has 2 aliphatic rings. The zero-order chi connectivity index (χ0) is 16.2. The van der Waals surface area contributed by atoms with E-state index >= 15 is 0 Å². The highest BCUT2D eigenvalue weighted by Crippen LogP contribution is 2.32. The van der Waals surface area contributed by atoms with Gasteiger partial charge in [-0.25, -0.2) is 0 Å². The molecule has 122 valence electrons. The Hall–Kier alpha value is -1.21. The average Bonchev–Trinajstić information content (AvgIpc) is 2.82. The van der Waals surface area contributed by atoms with Crippen molar-refractivity contribution in [3.63, 3.8) is 0 Å². The van der Waals surface area contributed by atoms with Crippen LogP contribution in [0.4, 0.5) is 0 Å². The van der Waals surface area contributed by atoms with Crippen molar-refractivity contribution in [1.29, 1.82) is 0 Å². The van der Waals surface area contributed by atoms with E-state index in [2.05, 4.69) is 11.8 Å². The largest absolute Gasteiger partial charge is 0.379 e. The highest BCUT2D eigenvalue weighted by atomic mass is 32.2. The number of amides is 1. The number of benzene rings is 1. The van der Waals surface area contributed by atoms with Crippen LogP contribution in [0.1, 0.15) is 11.1 Å². The van der Waals surface area contributed by atoms with Crippen LogP contribution >= 0.6 is 24.0 Å². The van der Waals surface area contributed by atoms with Gasteiger partial charge in [-0.1, -0.05) is 53.8 Å². The fraction of sp³-hybridized carbons (Fsp3) is 0.412. The van der Waals surface area contributed by atoms with Crippen LogP contribution in [0.2, 0.25) is 0 Å². The summed E-state index contributed by atoms with van der Waals surface area (Å²) in [5.41, 5.74) is 2.24. The summed E-state index contributed by atoms with van der Waals surface area (Å²) >= 11 is 6.78. The Bertz CT molecular complexity index is 622. The number of hydrogen-bond donors (Lipinski definition) is 0. The Kier molecular flexibility index (Phi) is 5.48. The van der Waals surface area contributed by atoms with Crippen molar-refractivity contribution >= 4 is 40.3 Å². The molecule has 3 rings (SSSR count). The van der Waals surface area contributed by atoms with Gasteiger partial charge in [-0.05, 0) is 18.6 Å². The standard InChI is InChI=1S/C17H20N2O2S2/c1-13-2-4-14(5-3-13)12-15-16(20)19(17(22)23-15)7-6-18-8-10-21-11-9-18/h2-5,12H,6-11H2,1H3/b15-12+. The molecule has 2 saturated heterocycles. The lowest BCUT2D eigenvalue weighted by Crippen LogP contribution is -2.42. The fourth-order valence-corrected chi connectivity index (χ4v) is 3.88. The van der Waals surface area contributed by atoms with Gasteiger partial charge in [0.2, 0.25) is 0 Å². The minimum Gasteiger partial charge on any atom is -0.379 e. The minimum absolute atomic E-state index is 0.0221. The lowest BCUT2D eigenvalue weighted by molar-refractivity contribution is -0.122. The van der Waals surface area contributed by atoms with Gasteiger partial charge >= 0.3 is 0 Å². The Morgan fingerprint density at radius 1 is 1.22 bits per heavy atom. The number of carbonyl (C=O) groups is 1. The number of hydrogen-bond acceptors (Lipinski definition) is 5. The lowest BCUT2D eigenvalue weighted by atomic mass is 10.1. The van der Waals surface area contributed by atoms with Gasteiger partial charge < -0.3 is 4.74 Å². The van der Waals surface area contributed by atoms with Crippen molar-refractivity contribution in [2.75, 3.05) is 39.4 Å². The Balaban J connectivity index is 1.63. The molecule has 2 fully saturated rings. The first-order valence-corrected chi connectivity index (χ1v) is 8.98. The summed E-state index contributed by atoms with van der Waals surface area (Å²) in [4.78, 5) is 17.3. The van der Waals surface area contributed by atoms with Crippen molar-refractivity contribution < 1.29 is 9.53 Å². The van der Waals surface area contributed by atoms with Crippen molar-refractivity contribution in [3.8, 4) is 0 Å². The Morgan fingerprint density at radius 3 is 2.61 bits per heavy atom. The summed E-state index contributed by atoms with van der Waals surface area (Å²) in [5.74, 6) is 0.0221. The highest BCUT2D eigenvalue weighted by Gasteiger charge is 2.32. The molecule has 0 aromatic heterocycles. The average molecular weight is 348 g/mol. The van der Waals surface area contributed by atoms with Gasteiger partial charge in [-0.2, -0.15) is 0 Å². The van der Waals surface area contributed by atoms with Crippen LogP contribution in [0, 0.1) is 6.92 Å². The van der Waals surface area contributed by atoms with Gasteiger partial charge in [0.25, 0.3) is 5.91 Å². The molecule has 1 aromatic rings. The number of morpholine rings is 1. The molecule has 2 aliphatic heterocycles. The summed E-state index contributed by atoms with van der Waals surface area (Å²) < 4.78 is 6.00. The van der Waals surface area contributed by atoms with E-state index in [0.29, 0.717) is 15.8 Å². The van der Waals surface area contributed by atoms with Crippen molar-refractivity contribution in [2.45, 2.75) is 6.92 Å². The van der Waals surface area contributed by atoms with Gasteiger partial charge in [-0.3, -0.25) is 14.6 Å². The lowest BCUT2D eigenvalue weighted by Gasteiger charge is -2.28. The van der Waals surface area contributed by atoms with Crippen molar-refractivity contribution in [3.05, 3.63) is 40.3 Å². The first-order chi connectivity index (χ1) is 11.1. The monoisotopic (exact) mass is 348 g/mol. The predicted molar refractivity (Wildman–Crippen MR) is 98.3 cm³/mol. The maximum Gasteiger partial charge on any atom is 0.266 e. The van der Waals surface area contributed by atoms with Crippen molar-refractivity contribution in [1.82, 2.24) is 9.80 Å². The zero-order valence-corrected chi connectivity index (χ0v) is 14.8. The predicted octanol–water partition coefficient (Wildman–Crippen LogP) is 2.53. The molecule has 0 atom stereocenters. The third-order valence-electron chi connectivity index (χ3n) is 3.99. The highest BCUT2D eigenvalue weighted by molar-refractivity contribution is 8.26. The summed E-state index contributed by atoms with van der Waals surface area (Å²) in [7, 11) is 0. The van der Waals surface area contributed by atoms with Gasteiger partial charge in [0.15, 0.2) is 0 Å². The quantitative estimate of drug-likeness (QED) is 0.617. The molecule has 1 amide bonds. The van der Waals surface area contributed by atoms with E-state index in [0.717, 1.165) is 38.4 Å². The third kappa shape index (κ3) is 4.20. The van der Waals surface area contributed by atoms with Gasteiger partial charge in [0.05, 0.1) is 18.1 Å². The van der Waals surface area contributed by atoms with Crippen LogP contribution in [0.25, 0.3) is 6.08 Å². The summed E-state index contributed by atoms with van der Waals surface area (Å²) in [6, 6.07) is 8.14. The Labute approximate surface area is 146 Å². The van der Waals surface area contributed by atoms with E-state index in [9.17, 15) is 4.79 Å². The SMILES string of the molecule is Cc1ccc(/C=C2/SC(=S)N(CCN3CCOCC3)C2=O)cc1. The van der Waals surface area contributed by atoms with Crippen LogP contribution in [-0.2, 0) is 9.53 Å². The van der Waals surface area contributed by atoms with Crippen LogP contribution in [-0.4, -0.2) is 59.4 Å². The number of aryl methyl sites for hydroxylation is 1. The maximum absolute atomic E-state index is 12.6. The maximum atomic E-state index is 12.6. The first kappa shape index (κ1) is 16.6. The van der Waals surface area contributed by atoms with Crippen LogP contribution in [0.15, 0.2) is 29.2 Å². The minimum atomic E-state index is 0.0221. The number of thiocarbonyl (C=S) groups is 1. The molecule has 1 aromatic carbocycles. The van der Waals surface area contributed by atoms with Gasteiger partial charge in [0, 0.05) is 26.2 Å². The normalized spacial score (nSPS) is 21.4. The van der Waals surface area contributed by atoms with E-state index in [1.54, 1.807) is 4.90 Å². The number of ether oxygens (including phenoxy) is 1. The molecule has 0 saturated carbocycles. The van der Waals surface area contributed by atoms with Gasteiger partial charge in [-0.15, -0.1) is 0 Å². The summed E-state index contributed by atoms with van der Waals surface area (Å²) in [6.45, 7) is 6.93. The van der Waals surface area contributed by atoms with E-state index in [-0.39, 0.29) is 5.91 Å². The molecule has 23 heavy (non-hydrogen) atoms. The number of thioether (sulfide) groups is 1. The van der Waals surface area contributed by atoms with E-state index in [4.69, 9.17) is 17.0 Å². The molecule has 2 heterocycles. The first-order valence-electron chi connectivity index (χ1n) is 7.75. The smallest absolute Gasteiger partial charge is 0.266 e. The van der Waals surface area contributed by atoms with E-state index in [1.807, 2.05) is 30.3 Å². The molecule has 0 spiro atoms. The molecule has 4 nitrogen and oxygen atoms in total. The summed E-state index contributed by atoms with van der Waals surface area (Å²) in [5, 5.41) is 0. The number of nitrogens with zero attached hydrogens (tertiary/aromatic N) is 2. The zero-order valence-electron chi connectivity index (χ0n) is 13.2. The number of rotatable bonds is 4. The molecular weight excluding hydrogens is 328 g/mol. The second-order valence-electron chi connectivity index (χ2n) is 5.70.